The molecule has 106 valence electrons. The van der Waals surface area contributed by atoms with E-state index in [1.54, 1.807) is 0 Å². The third-order valence-electron chi connectivity index (χ3n) is 3.31. The molecule has 19 heavy (non-hydrogen) atoms. The maximum absolute atomic E-state index is 13.3. The molecule has 0 atom stereocenters. The first-order valence-electron chi connectivity index (χ1n) is 5.88. The van der Waals surface area contributed by atoms with Crippen LogP contribution in [-0.2, 0) is 10.0 Å². The third-order valence-corrected chi connectivity index (χ3v) is 5.82. The van der Waals surface area contributed by atoms with Gasteiger partial charge in [0.15, 0.2) is 0 Å². The van der Waals surface area contributed by atoms with Gasteiger partial charge >= 0.3 is 0 Å². The van der Waals surface area contributed by atoms with Crippen LogP contribution in [0.4, 0.5) is 10.1 Å². The molecule has 2 N–H and O–H groups in total. The number of benzene rings is 1. The molecule has 0 saturated carbocycles. The number of hydrogen-bond donors (Lipinski definition) is 1. The van der Waals surface area contributed by atoms with E-state index in [2.05, 4.69) is 15.9 Å². The van der Waals surface area contributed by atoms with Crippen molar-refractivity contribution >= 4 is 31.6 Å². The maximum Gasteiger partial charge on any atom is 0.245 e. The minimum atomic E-state index is -3.67. The largest absolute Gasteiger partial charge is 0.398 e. The first kappa shape index (κ1) is 14.7. The molecule has 4 nitrogen and oxygen atoms in total. The van der Waals surface area contributed by atoms with Crippen LogP contribution in [-0.4, -0.2) is 25.8 Å². The Bertz CT molecular complexity index is 616. The van der Waals surface area contributed by atoms with Crippen LogP contribution >= 0.6 is 15.9 Å². The molecule has 0 unspecified atom stereocenters. The summed E-state index contributed by atoms with van der Waals surface area (Å²) in [4.78, 5) is -0.0431. The highest BCUT2D eigenvalue weighted by Crippen LogP contribution is 2.35. The topological polar surface area (TPSA) is 63.4 Å². The summed E-state index contributed by atoms with van der Waals surface area (Å²) in [5, 5.41) is 0. The van der Waals surface area contributed by atoms with Gasteiger partial charge in [0, 0.05) is 13.1 Å². The molecule has 0 aliphatic carbocycles. The molecule has 0 radical (unpaired) electrons. The van der Waals surface area contributed by atoms with Crippen molar-refractivity contribution in [1.29, 1.82) is 0 Å². The van der Waals surface area contributed by atoms with Crippen LogP contribution in [0.5, 0.6) is 0 Å². The second-order valence-electron chi connectivity index (χ2n) is 5.56. The van der Waals surface area contributed by atoms with Gasteiger partial charge in [-0.05, 0) is 39.9 Å². The Hall–Kier alpha value is -0.660. The fraction of sp³-hybridized carbons (Fsp3) is 0.500. The summed E-state index contributed by atoms with van der Waals surface area (Å²) in [6.45, 7) is 4.95. The number of hydrogen-bond acceptors (Lipinski definition) is 3. The number of nitrogens with zero attached hydrogens (tertiary/aromatic N) is 1. The van der Waals surface area contributed by atoms with Gasteiger partial charge in [-0.15, -0.1) is 0 Å². The zero-order valence-electron chi connectivity index (χ0n) is 10.8. The van der Waals surface area contributed by atoms with Crippen LogP contribution in [0.2, 0.25) is 0 Å². The second-order valence-corrected chi connectivity index (χ2v) is 8.32. The summed E-state index contributed by atoms with van der Waals surface area (Å²) >= 11 is 2.99. The van der Waals surface area contributed by atoms with Crippen molar-refractivity contribution in [3.05, 3.63) is 22.4 Å². The van der Waals surface area contributed by atoms with Crippen molar-refractivity contribution in [2.45, 2.75) is 25.2 Å². The Kier molecular flexibility index (Phi) is 3.66. The molecule has 1 aromatic rings. The van der Waals surface area contributed by atoms with Gasteiger partial charge in [0.1, 0.15) is 10.7 Å². The molecule has 1 heterocycles. The van der Waals surface area contributed by atoms with Gasteiger partial charge in [-0.25, -0.2) is 12.8 Å². The van der Waals surface area contributed by atoms with Crippen molar-refractivity contribution in [3.8, 4) is 0 Å². The standard InChI is InChI=1S/C12H16BrFN2O2S/c1-12(2)3-4-16(7-12)19(17,18)11-5-8(13)9(14)6-10(11)15/h5-6H,3-4,7,15H2,1-2H3. The zero-order chi connectivity index (χ0) is 14.4. The molecule has 2 rings (SSSR count). The summed E-state index contributed by atoms with van der Waals surface area (Å²) in [6.07, 6.45) is 0.800. The first-order chi connectivity index (χ1) is 8.63. The van der Waals surface area contributed by atoms with Crippen molar-refractivity contribution < 1.29 is 12.8 Å². The zero-order valence-corrected chi connectivity index (χ0v) is 13.2. The van der Waals surface area contributed by atoms with E-state index in [4.69, 9.17) is 5.73 Å². The average molecular weight is 351 g/mol. The Balaban J connectivity index is 2.44. The van der Waals surface area contributed by atoms with E-state index in [1.807, 2.05) is 13.8 Å². The van der Waals surface area contributed by atoms with Gasteiger partial charge in [0.05, 0.1) is 10.2 Å². The lowest BCUT2D eigenvalue weighted by atomic mass is 9.93. The lowest BCUT2D eigenvalue weighted by Crippen LogP contribution is -2.31. The summed E-state index contributed by atoms with van der Waals surface area (Å²) in [6, 6.07) is 2.25. The van der Waals surface area contributed by atoms with E-state index < -0.39 is 15.8 Å². The summed E-state index contributed by atoms with van der Waals surface area (Å²) in [5.74, 6) is -0.571. The normalized spacial score (nSPS) is 19.8. The van der Waals surface area contributed by atoms with E-state index in [-0.39, 0.29) is 20.5 Å². The Morgan fingerprint density at radius 1 is 1.42 bits per heavy atom. The van der Waals surface area contributed by atoms with Crippen LogP contribution in [0.1, 0.15) is 20.3 Å². The van der Waals surface area contributed by atoms with Gasteiger partial charge in [0.25, 0.3) is 0 Å². The number of anilines is 1. The predicted molar refractivity (Wildman–Crippen MR) is 75.7 cm³/mol. The Morgan fingerprint density at radius 2 is 2.05 bits per heavy atom. The lowest BCUT2D eigenvalue weighted by Gasteiger charge is -2.20. The lowest BCUT2D eigenvalue weighted by molar-refractivity contribution is 0.375. The molecule has 1 aromatic carbocycles. The van der Waals surface area contributed by atoms with Gasteiger partial charge < -0.3 is 5.73 Å². The van der Waals surface area contributed by atoms with Crippen LogP contribution in [0, 0.1) is 11.2 Å². The minimum Gasteiger partial charge on any atom is -0.398 e. The number of rotatable bonds is 2. The fourth-order valence-electron chi connectivity index (χ4n) is 2.17. The highest BCUT2D eigenvalue weighted by molar-refractivity contribution is 9.10. The Labute approximate surface area is 121 Å². The van der Waals surface area contributed by atoms with Crippen LogP contribution < -0.4 is 5.73 Å². The fourth-order valence-corrected chi connectivity index (χ4v) is 4.42. The maximum atomic E-state index is 13.3. The molecule has 1 fully saturated rings. The molecule has 1 saturated heterocycles. The van der Waals surface area contributed by atoms with Crippen molar-refractivity contribution in [2.75, 3.05) is 18.8 Å². The second kappa shape index (κ2) is 4.71. The monoisotopic (exact) mass is 350 g/mol. The molecule has 0 aromatic heterocycles. The van der Waals surface area contributed by atoms with Gasteiger partial charge in [-0.1, -0.05) is 13.8 Å². The third kappa shape index (κ3) is 2.78. The number of sulfonamides is 1. The molecule has 1 aliphatic rings. The quantitative estimate of drug-likeness (QED) is 0.833. The molecule has 7 heteroatoms. The van der Waals surface area contributed by atoms with E-state index >= 15 is 0 Å². The van der Waals surface area contributed by atoms with E-state index in [0.717, 1.165) is 12.5 Å². The molecular formula is C12H16BrFN2O2S. The first-order valence-corrected chi connectivity index (χ1v) is 8.11. The van der Waals surface area contributed by atoms with Crippen LogP contribution in [0.15, 0.2) is 21.5 Å². The van der Waals surface area contributed by atoms with Gasteiger partial charge in [-0.3, -0.25) is 0 Å². The summed E-state index contributed by atoms with van der Waals surface area (Å²) in [7, 11) is -3.67. The Morgan fingerprint density at radius 3 is 2.58 bits per heavy atom. The smallest absolute Gasteiger partial charge is 0.245 e. The van der Waals surface area contributed by atoms with E-state index in [9.17, 15) is 12.8 Å². The van der Waals surface area contributed by atoms with Crippen molar-refractivity contribution in [3.63, 3.8) is 0 Å². The molecule has 0 amide bonds. The van der Waals surface area contributed by atoms with E-state index in [0.29, 0.717) is 13.1 Å². The number of halogens is 2. The molecule has 1 aliphatic heterocycles. The molecular weight excluding hydrogens is 335 g/mol. The average Bonchev–Trinajstić information content (AvgIpc) is 2.64. The minimum absolute atomic E-state index is 0.0426. The van der Waals surface area contributed by atoms with Gasteiger partial charge in [0.2, 0.25) is 10.0 Å². The molecule has 0 bridgehead atoms. The van der Waals surface area contributed by atoms with Crippen LogP contribution in [0.3, 0.4) is 0 Å². The number of nitrogen functional groups attached to an aromatic ring is 1. The number of nitrogens with two attached hydrogens (primary N) is 1. The van der Waals surface area contributed by atoms with Crippen molar-refractivity contribution in [2.24, 2.45) is 5.41 Å². The molecule has 0 spiro atoms. The predicted octanol–water partition coefficient (Wildman–Crippen LogP) is 2.59. The summed E-state index contributed by atoms with van der Waals surface area (Å²) in [5.41, 5.74) is 5.54. The highest BCUT2D eigenvalue weighted by atomic mass is 79.9. The van der Waals surface area contributed by atoms with Crippen LogP contribution in [0.25, 0.3) is 0 Å². The summed E-state index contributed by atoms with van der Waals surface area (Å²) < 4.78 is 39.8. The van der Waals surface area contributed by atoms with Crippen molar-refractivity contribution in [1.82, 2.24) is 4.31 Å². The SMILES string of the molecule is CC1(C)CCN(S(=O)(=O)c2cc(Br)c(F)cc2N)C1. The highest BCUT2D eigenvalue weighted by Gasteiger charge is 2.37. The van der Waals surface area contributed by atoms with Gasteiger partial charge in [-0.2, -0.15) is 4.31 Å². The van der Waals surface area contributed by atoms with E-state index in [1.165, 1.54) is 10.4 Å².